The fraction of sp³-hybridized carbons (Fsp3) is 0.174. The van der Waals surface area contributed by atoms with Gasteiger partial charge in [-0.25, -0.2) is 0 Å². The molecule has 1 atom stereocenters. The highest BCUT2D eigenvalue weighted by molar-refractivity contribution is 7.10. The third kappa shape index (κ3) is 3.94. The number of aromatic nitrogens is 1. The van der Waals surface area contributed by atoms with Crippen molar-refractivity contribution in [2.24, 2.45) is 0 Å². The largest absolute Gasteiger partial charge is 0.497 e. The Bertz CT molecular complexity index is 1050. The lowest BCUT2D eigenvalue weighted by atomic mass is 9.96. The van der Waals surface area contributed by atoms with Gasteiger partial charge in [0.1, 0.15) is 5.75 Å². The molecule has 4 aromatic rings. The summed E-state index contributed by atoms with van der Waals surface area (Å²) in [6, 6.07) is 20.1. The molecule has 2 N–H and O–H groups in total. The molecule has 0 aliphatic heterocycles. The summed E-state index contributed by atoms with van der Waals surface area (Å²) in [6.45, 7) is 0.567. The van der Waals surface area contributed by atoms with Gasteiger partial charge in [0.25, 0.3) is 0 Å². The van der Waals surface area contributed by atoms with Crippen molar-refractivity contribution < 1.29 is 9.53 Å². The van der Waals surface area contributed by atoms with Gasteiger partial charge >= 0.3 is 0 Å². The third-order valence-electron chi connectivity index (χ3n) is 4.91. The molecule has 0 saturated heterocycles. The van der Waals surface area contributed by atoms with Crippen LogP contribution in [0.5, 0.6) is 5.75 Å². The topological polar surface area (TPSA) is 54.1 Å². The second-order valence-electron chi connectivity index (χ2n) is 6.69. The van der Waals surface area contributed by atoms with E-state index >= 15 is 0 Å². The predicted molar refractivity (Wildman–Crippen MR) is 114 cm³/mol. The maximum atomic E-state index is 12.5. The molecule has 142 valence electrons. The number of nitrogens with one attached hydrogen (secondary N) is 2. The van der Waals surface area contributed by atoms with Crippen LogP contribution in [0, 0.1) is 0 Å². The SMILES string of the molecule is COc1ccc(CC(=O)NC[C@H](c2cccs2)c2c[nH]c3ccccc23)cc1. The van der Waals surface area contributed by atoms with E-state index in [4.69, 9.17) is 4.74 Å². The monoisotopic (exact) mass is 390 g/mol. The molecule has 0 aliphatic carbocycles. The molecule has 5 heteroatoms. The second-order valence-corrected chi connectivity index (χ2v) is 7.67. The molecule has 0 bridgehead atoms. The molecule has 0 spiro atoms. The first-order chi connectivity index (χ1) is 13.7. The lowest BCUT2D eigenvalue weighted by Gasteiger charge is -2.16. The van der Waals surface area contributed by atoms with Crippen LogP contribution in [0.25, 0.3) is 10.9 Å². The van der Waals surface area contributed by atoms with E-state index in [1.165, 1.54) is 15.8 Å². The van der Waals surface area contributed by atoms with Gasteiger partial charge in [-0.2, -0.15) is 0 Å². The Balaban J connectivity index is 1.49. The van der Waals surface area contributed by atoms with Crippen LogP contribution in [-0.2, 0) is 11.2 Å². The van der Waals surface area contributed by atoms with Crippen LogP contribution in [0.2, 0.25) is 0 Å². The highest BCUT2D eigenvalue weighted by atomic mass is 32.1. The van der Waals surface area contributed by atoms with E-state index in [-0.39, 0.29) is 11.8 Å². The number of hydrogen-bond donors (Lipinski definition) is 2. The van der Waals surface area contributed by atoms with Crippen molar-refractivity contribution in [2.45, 2.75) is 12.3 Å². The van der Waals surface area contributed by atoms with Gasteiger partial charge < -0.3 is 15.0 Å². The molecule has 4 rings (SSSR count). The highest BCUT2D eigenvalue weighted by Crippen LogP contribution is 2.32. The Morgan fingerprint density at radius 1 is 1.11 bits per heavy atom. The number of aromatic amines is 1. The summed E-state index contributed by atoms with van der Waals surface area (Å²) >= 11 is 1.72. The standard InChI is InChI=1S/C23H22N2O2S/c1-27-17-10-8-16(9-11-17)13-23(26)25-15-20(22-7-4-12-28-22)19-14-24-21-6-3-2-5-18(19)21/h2-12,14,20,24H,13,15H2,1H3,(H,25,26)/t20-/m0/s1. The minimum atomic E-state index is 0.0200. The molecule has 0 aliphatic rings. The van der Waals surface area contributed by atoms with Crippen LogP contribution >= 0.6 is 11.3 Å². The minimum absolute atomic E-state index is 0.0200. The second kappa shape index (κ2) is 8.31. The number of carbonyl (C=O) groups excluding carboxylic acids is 1. The number of ether oxygens (including phenoxy) is 1. The van der Waals surface area contributed by atoms with E-state index in [0.29, 0.717) is 13.0 Å². The summed E-state index contributed by atoms with van der Waals surface area (Å²) in [5.41, 5.74) is 3.30. The van der Waals surface area contributed by atoms with Gasteiger partial charge in [0, 0.05) is 34.4 Å². The third-order valence-corrected chi connectivity index (χ3v) is 5.90. The average molecular weight is 391 g/mol. The Labute approximate surface area is 168 Å². The number of hydrogen-bond acceptors (Lipinski definition) is 3. The number of rotatable bonds is 7. The molecule has 2 aromatic carbocycles. The quantitative estimate of drug-likeness (QED) is 0.479. The Hall–Kier alpha value is -3.05. The smallest absolute Gasteiger partial charge is 0.224 e. The van der Waals surface area contributed by atoms with Crippen molar-refractivity contribution >= 4 is 28.1 Å². The number of carbonyl (C=O) groups is 1. The molecule has 4 nitrogen and oxygen atoms in total. The van der Waals surface area contributed by atoms with Gasteiger partial charge in [-0.3, -0.25) is 4.79 Å². The van der Waals surface area contributed by atoms with E-state index in [9.17, 15) is 4.79 Å². The molecule has 2 aromatic heterocycles. The number of fused-ring (bicyclic) bond motifs is 1. The molecule has 0 fully saturated rings. The predicted octanol–water partition coefficient (Wildman–Crippen LogP) is 4.73. The van der Waals surface area contributed by atoms with Gasteiger partial charge in [0.2, 0.25) is 5.91 Å². The average Bonchev–Trinajstić information content (AvgIpc) is 3.40. The normalized spacial score (nSPS) is 12.0. The van der Waals surface area contributed by atoms with Crippen LogP contribution in [0.1, 0.15) is 21.9 Å². The van der Waals surface area contributed by atoms with Gasteiger partial charge in [-0.1, -0.05) is 36.4 Å². The van der Waals surface area contributed by atoms with E-state index in [1.54, 1.807) is 18.4 Å². The molecular formula is C23H22N2O2S. The first kappa shape index (κ1) is 18.3. The zero-order valence-electron chi connectivity index (χ0n) is 15.6. The summed E-state index contributed by atoms with van der Waals surface area (Å²) < 4.78 is 5.17. The summed E-state index contributed by atoms with van der Waals surface area (Å²) in [6.07, 6.45) is 2.42. The Morgan fingerprint density at radius 2 is 1.93 bits per heavy atom. The zero-order chi connectivity index (χ0) is 19.3. The van der Waals surface area contributed by atoms with E-state index in [1.807, 2.05) is 36.4 Å². The number of benzene rings is 2. The molecule has 28 heavy (non-hydrogen) atoms. The molecule has 2 heterocycles. The van der Waals surface area contributed by atoms with E-state index in [0.717, 1.165) is 16.8 Å². The van der Waals surface area contributed by atoms with E-state index in [2.05, 4.69) is 46.1 Å². The summed E-state index contributed by atoms with van der Waals surface area (Å²) in [5.74, 6) is 0.934. The number of para-hydroxylation sites is 1. The maximum Gasteiger partial charge on any atom is 0.224 e. The highest BCUT2D eigenvalue weighted by Gasteiger charge is 2.20. The lowest BCUT2D eigenvalue weighted by molar-refractivity contribution is -0.120. The first-order valence-corrected chi connectivity index (χ1v) is 10.1. The van der Waals surface area contributed by atoms with Crippen LogP contribution in [0.15, 0.2) is 72.2 Å². The first-order valence-electron chi connectivity index (χ1n) is 9.23. The van der Waals surface area contributed by atoms with Crippen LogP contribution in [0.4, 0.5) is 0 Å². The van der Waals surface area contributed by atoms with Gasteiger partial charge in [0.15, 0.2) is 0 Å². The van der Waals surface area contributed by atoms with Crippen molar-refractivity contribution in [1.82, 2.24) is 10.3 Å². The van der Waals surface area contributed by atoms with Crippen LogP contribution in [0.3, 0.4) is 0 Å². The van der Waals surface area contributed by atoms with Crippen molar-refractivity contribution in [2.75, 3.05) is 13.7 Å². The van der Waals surface area contributed by atoms with Crippen LogP contribution in [-0.4, -0.2) is 24.5 Å². The van der Waals surface area contributed by atoms with Crippen molar-refractivity contribution in [3.8, 4) is 5.75 Å². The van der Waals surface area contributed by atoms with E-state index < -0.39 is 0 Å². The number of methoxy groups -OCH3 is 1. The van der Waals surface area contributed by atoms with Crippen molar-refractivity contribution in [3.63, 3.8) is 0 Å². The zero-order valence-corrected chi connectivity index (χ0v) is 16.5. The number of amides is 1. The van der Waals surface area contributed by atoms with Gasteiger partial charge in [0.05, 0.1) is 13.5 Å². The summed E-state index contributed by atoms with van der Waals surface area (Å²) in [4.78, 5) is 17.1. The molecule has 0 unspecified atom stereocenters. The molecular weight excluding hydrogens is 368 g/mol. The fourth-order valence-corrected chi connectivity index (χ4v) is 4.29. The molecule has 0 radical (unpaired) electrons. The van der Waals surface area contributed by atoms with Crippen molar-refractivity contribution in [3.05, 3.63) is 88.2 Å². The fourth-order valence-electron chi connectivity index (χ4n) is 3.44. The summed E-state index contributed by atoms with van der Waals surface area (Å²) in [7, 11) is 1.64. The van der Waals surface area contributed by atoms with Gasteiger partial charge in [-0.15, -0.1) is 11.3 Å². The van der Waals surface area contributed by atoms with Crippen molar-refractivity contribution in [1.29, 1.82) is 0 Å². The summed E-state index contributed by atoms with van der Waals surface area (Å²) in [5, 5.41) is 6.40. The maximum absolute atomic E-state index is 12.5. The lowest BCUT2D eigenvalue weighted by Crippen LogP contribution is -2.29. The van der Waals surface area contributed by atoms with Crippen LogP contribution < -0.4 is 10.1 Å². The van der Waals surface area contributed by atoms with Gasteiger partial charge in [-0.05, 0) is 40.8 Å². The molecule has 1 amide bonds. The Morgan fingerprint density at radius 3 is 2.68 bits per heavy atom. The Kier molecular flexibility index (Phi) is 5.44. The minimum Gasteiger partial charge on any atom is -0.497 e. The molecule has 0 saturated carbocycles. The number of thiophene rings is 1. The number of H-pyrrole nitrogens is 1.